The highest BCUT2D eigenvalue weighted by atomic mass is 32.1. The number of pyridine rings is 1. The molecule has 3 aliphatic rings. The Morgan fingerprint density at radius 2 is 1.88 bits per heavy atom. The van der Waals surface area contributed by atoms with E-state index in [0.717, 1.165) is 36.8 Å². The molecule has 3 aromatic heterocycles. The summed E-state index contributed by atoms with van der Waals surface area (Å²) in [4.78, 5) is 31.9. The molecule has 212 valence electrons. The fraction of sp³-hybridized carbons (Fsp3) is 0.481. The Balaban J connectivity index is 1.25. The molecule has 1 unspecified atom stereocenters. The molecule has 8 nitrogen and oxygen atoms in total. The molecule has 0 bridgehead atoms. The van der Waals surface area contributed by atoms with Crippen molar-refractivity contribution in [3.8, 4) is 10.6 Å². The molecule has 2 aliphatic heterocycles. The molecule has 5 heterocycles. The summed E-state index contributed by atoms with van der Waals surface area (Å²) in [5.74, 6) is -0.275. The molecule has 1 aliphatic carbocycles. The summed E-state index contributed by atoms with van der Waals surface area (Å²) in [7, 11) is 3.48. The van der Waals surface area contributed by atoms with Crippen LogP contribution in [-0.4, -0.2) is 83.2 Å². The van der Waals surface area contributed by atoms with E-state index in [1.165, 1.54) is 22.4 Å². The summed E-state index contributed by atoms with van der Waals surface area (Å²) in [6.45, 7) is 1.28. The highest BCUT2D eigenvalue weighted by Crippen LogP contribution is 2.50. The third-order valence-electron chi connectivity index (χ3n) is 8.15. The van der Waals surface area contributed by atoms with E-state index in [9.17, 15) is 22.4 Å². The summed E-state index contributed by atoms with van der Waals surface area (Å²) in [5.41, 5.74) is 0.969. The van der Waals surface area contributed by atoms with E-state index in [-0.39, 0.29) is 36.1 Å². The van der Waals surface area contributed by atoms with Crippen LogP contribution in [0.2, 0.25) is 0 Å². The SMILES string of the molecule is CN1CCN(c2ccc(Nc3ncc(F)c(-c4cc5c(s4)C4(CCCC4)CN(C)C5=O)n3)nc2)C(C(F)(F)F)C1. The van der Waals surface area contributed by atoms with Crippen LogP contribution in [0.1, 0.15) is 40.9 Å². The van der Waals surface area contributed by atoms with E-state index in [2.05, 4.69) is 20.3 Å². The lowest BCUT2D eigenvalue weighted by Gasteiger charge is -2.41. The van der Waals surface area contributed by atoms with Gasteiger partial charge in [0.2, 0.25) is 5.95 Å². The summed E-state index contributed by atoms with van der Waals surface area (Å²) in [6.07, 6.45) is 2.27. The maximum Gasteiger partial charge on any atom is 0.409 e. The Hall–Kier alpha value is -3.32. The molecule has 0 radical (unpaired) electrons. The number of hydrogen-bond donors (Lipinski definition) is 1. The van der Waals surface area contributed by atoms with Crippen molar-refractivity contribution in [3.05, 3.63) is 46.9 Å². The third kappa shape index (κ3) is 4.78. The minimum Gasteiger partial charge on any atom is -0.356 e. The van der Waals surface area contributed by atoms with Crippen LogP contribution >= 0.6 is 11.3 Å². The summed E-state index contributed by atoms with van der Waals surface area (Å²) >= 11 is 1.42. The van der Waals surface area contributed by atoms with Crippen LogP contribution in [0.15, 0.2) is 30.6 Å². The van der Waals surface area contributed by atoms with Gasteiger partial charge in [0.1, 0.15) is 17.6 Å². The summed E-state index contributed by atoms with van der Waals surface area (Å²) < 4.78 is 55.9. The number of fused-ring (bicyclic) bond motifs is 2. The van der Waals surface area contributed by atoms with Crippen molar-refractivity contribution in [2.45, 2.75) is 43.3 Å². The molecule has 2 fully saturated rings. The van der Waals surface area contributed by atoms with Gasteiger partial charge in [-0.25, -0.2) is 19.3 Å². The number of carbonyl (C=O) groups excluding carboxylic acids is 1. The fourth-order valence-electron chi connectivity index (χ4n) is 6.15. The van der Waals surface area contributed by atoms with Gasteiger partial charge in [-0.1, -0.05) is 12.8 Å². The molecular formula is C27H29F4N7OS. The van der Waals surface area contributed by atoms with Crippen molar-refractivity contribution in [1.29, 1.82) is 0 Å². The number of aromatic nitrogens is 3. The van der Waals surface area contributed by atoms with E-state index in [1.54, 1.807) is 42.1 Å². The van der Waals surface area contributed by atoms with Crippen LogP contribution in [0.4, 0.5) is 35.0 Å². The number of likely N-dealkylation sites (N-methyl/N-ethyl adjacent to an activating group) is 2. The number of halogens is 4. The molecule has 1 spiro atoms. The maximum atomic E-state index is 15.0. The van der Waals surface area contributed by atoms with Gasteiger partial charge in [-0.05, 0) is 38.1 Å². The van der Waals surface area contributed by atoms with Crippen LogP contribution in [0.3, 0.4) is 0 Å². The van der Waals surface area contributed by atoms with Gasteiger partial charge >= 0.3 is 6.18 Å². The van der Waals surface area contributed by atoms with E-state index >= 15 is 0 Å². The number of rotatable bonds is 4. The average Bonchev–Trinajstić information content (AvgIpc) is 3.57. The number of amides is 1. The third-order valence-corrected chi connectivity index (χ3v) is 9.54. The second-order valence-electron chi connectivity index (χ2n) is 10.9. The first kappa shape index (κ1) is 26.9. The van der Waals surface area contributed by atoms with Gasteiger partial charge in [-0.15, -0.1) is 11.3 Å². The van der Waals surface area contributed by atoms with Crippen LogP contribution in [-0.2, 0) is 5.41 Å². The number of hydrogen-bond acceptors (Lipinski definition) is 8. The lowest BCUT2D eigenvalue weighted by molar-refractivity contribution is -0.155. The van der Waals surface area contributed by atoms with Crippen LogP contribution in [0.25, 0.3) is 10.6 Å². The Bertz CT molecular complexity index is 1420. The summed E-state index contributed by atoms with van der Waals surface area (Å²) in [5, 5.41) is 2.93. The largest absolute Gasteiger partial charge is 0.409 e. The van der Waals surface area contributed by atoms with Gasteiger partial charge in [0.25, 0.3) is 5.91 Å². The topological polar surface area (TPSA) is 77.5 Å². The molecule has 0 aromatic carbocycles. The Morgan fingerprint density at radius 3 is 2.58 bits per heavy atom. The predicted molar refractivity (Wildman–Crippen MR) is 145 cm³/mol. The predicted octanol–water partition coefficient (Wildman–Crippen LogP) is 5.06. The van der Waals surface area contributed by atoms with Gasteiger partial charge in [0, 0.05) is 43.5 Å². The molecule has 40 heavy (non-hydrogen) atoms. The summed E-state index contributed by atoms with van der Waals surface area (Å²) in [6, 6.07) is 3.23. The van der Waals surface area contributed by atoms with Crippen LogP contribution in [0, 0.1) is 5.82 Å². The first-order valence-corrected chi connectivity index (χ1v) is 14.0. The molecule has 1 saturated heterocycles. The minimum atomic E-state index is -4.37. The van der Waals surface area contributed by atoms with Crippen LogP contribution < -0.4 is 10.2 Å². The minimum absolute atomic E-state index is 0.0692. The Kier molecular flexibility index (Phi) is 6.68. The smallest absolute Gasteiger partial charge is 0.356 e. The van der Waals surface area contributed by atoms with Crippen molar-refractivity contribution in [1.82, 2.24) is 24.8 Å². The van der Waals surface area contributed by atoms with Crippen molar-refractivity contribution in [2.24, 2.45) is 0 Å². The van der Waals surface area contributed by atoms with E-state index in [4.69, 9.17) is 0 Å². The van der Waals surface area contributed by atoms with E-state index in [1.807, 2.05) is 0 Å². The molecule has 1 saturated carbocycles. The van der Waals surface area contributed by atoms with Gasteiger partial charge in [0.15, 0.2) is 5.82 Å². The van der Waals surface area contributed by atoms with Gasteiger partial charge in [0.05, 0.1) is 28.5 Å². The second-order valence-corrected chi connectivity index (χ2v) is 12.0. The normalized spacial score (nSPS) is 21.2. The Labute approximate surface area is 233 Å². The zero-order chi connectivity index (χ0) is 28.2. The zero-order valence-electron chi connectivity index (χ0n) is 22.1. The maximum absolute atomic E-state index is 15.0. The van der Waals surface area contributed by atoms with E-state index < -0.39 is 18.0 Å². The molecule has 1 atom stereocenters. The monoisotopic (exact) mass is 575 g/mol. The zero-order valence-corrected chi connectivity index (χ0v) is 22.9. The van der Waals surface area contributed by atoms with Gasteiger partial charge in [-0.3, -0.25) is 4.79 Å². The van der Waals surface area contributed by atoms with E-state index in [0.29, 0.717) is 35.0 Å². The fourth-order valence-corrected chi connectivity index (χ4v) is 7.53. The van der Waals surface area contributed by atoms with Gasteiger partial charge < -0.3 is 20.0 Å². The number of nitrogens with zero attached hydrogens (tertiary/aromatic N) is 6. The number of nitrogens with one attached hydrogen (secondary N) is 1. The first-order valence-electron chi connectivity index (χ1n) is 13.2. The number of anilines is 3. The second kappa shape index (κ2) is 9.95. The quantitative estimate of drug-likeness (QED) is 0.436. The van der Waals surface area contributed by atoms with Crippen molar-refractivity contribution >= 4 is 34.7 Å². The molecule has 6 rings (SSSR count). The molecule has 13 heteroatoms. The average molecular weight is 576 g/mol. The first-order chi connectivity index (χ1) is 19.0. The van der Waals surface area contributed by atoms with Crippen LogP contribution in [0.5, 0.6) is 0 Å². The van der Waals surface area contributed by atoms with Crippen molar-refractivity contribution in [2.75, 3.05) is 50.5 Å². The Morgan fingerprint density at radius 1 is 1.10 bits per heavy atom. The number of thiophene rings is 1. The lowest BCUT2D eigenvalue weighted by atomic mass is 9.79. The van der Waals surface area contributed by atoms with Crippen molar-refractivity contribution < 1.29 is 22.4 Å². The number of piperazine rings is 1. The lowest BCUT2D eigenvalue weighted by Crippen LogP contribution is -2.58. The van der Waals surface area contributed by atoms with Gasteiger partial charge in [-0.2, -0.15) is 13.2 Å². The number of carbonyl (C=O) groups is 1. The molecule has 1 N–H and O–H groups in total. The molecule has 3 aromatic rings. The highest BCUT2D eigenvalue weighted by molar-refractivity contribution is 7.16. The highest BCUT2D eigenvalue weighted by Gasteiger charge is 2.47. The van der Waals surface area contributed by atoms with Crippen molar-refractivity contribution in [3.63, 3.8) is 0 Å². The molecular weight excluding hydrogens is 546 g/mol. The number of alkyl halides is 3. The standard InChI is InChI=1S/C27H29F4N7OS/c1-36-9-10-38(20(14-36)27(29,30)31)16-5-6-21(32-12-16)34-25-33-13-18(28)22(35-25)19-11-17-23(40-19)26(7-3-4-8-26)15-37(2)24(17)39/h5-6,11-13,20H,3-4,7-10,14-15H2,1-2H3,(H,32,33,34,35). The molecule has 1 amide bonds.